The fourth-order valence-electron chi connectivity index (χ4n) is 5.90. The van der Waals surface area contributed by atoms with Crippen LogP contribution in [0.3, 0.4) is 0 Å². The normalized spacial score (nSPS) is 25.6. The lowest BCUT2D eigenvalue weighted by molar-refractivity contribution is -0.144. The Balaban J connectivity index is 1.50. The van der Waals surface area contributed by atoms with Crippen molar-refractivity contribution in [1.29, 1.82) is 0 Å². The van der Waals surface area contributed by atoms with Gasteiger partial charge in [-0.2, -0.15) is 0 Å². The summed E-state index contributed by atoms with van der Waals surface area (Å²) < 4.78 is 17.9. The van der Waals surface area contributed by atoms with Gasteiger partial charge >= 0.3 is 11.9 Å². The lowest BCUT2D eigenvalue weighted by Crippen LogP contribution is -2.55. The molecule has 1 aromatic carbocycles. The highest BCUT2D eigenvalue weighted by Gasteiger charge is 2.58. The molecule has 1 fully saturated rings. The van der Waals surface area contributed by atoms with Crippen LogP contribution in [0.4, 0.5) is 0 Å². The highest BCUT2D eigenvalue weighted by Crippen LogP contribution is 2.59. The summed E-state index contributed by atoms with van der Waals surface area (Å²) >= 11 is 0. The van der Waals surface area contributed by atoms with Crippen LogP contribution in [0.25, 0.3) is 0 Å². The van der Waals surface area contributed by atoms with Crippen molar-refractivity contribution in [1.82, 2.24) is 10.2 Å². The molecule has 3 aliphatic rings. The van der Waals surface area contributed by atoms with Gasteiger partial charge in [0.05, 0.1) is 13.5 Å². The number of carboxylic acid groups (broad SMARTS) is 1. The smallest absolute Gasteiger partial charge is 0.326 e. The standard InChI is InChI=1S/C27H36N2O7/c1-6-18(35-21(31)10-9-20(30)28-23(15(2)3)26(32)33)25-27-11-12-29(4)17(14-27)13-16-7-8-19(34-5)24(36-25)22(16)27/h6-8,15,17,23,25H,9-14H2,1-5H3,(H,28,30)(H,32,33)/b18-6+/t17-,23?,25+,27+/m1/s1. The predicted octanol–water partition coefficient (Wildman–Crippen LogP) is 2.80. The average Bonchev–Trinajstić information content (AvgIpc) is 3.17. The van der Waals surface area contributed by atoms with Crippen molar-refractivity contribution in [2.75, 3.05) is 20.7 Å². The van der Waals surface area contributed by atoms with Crippen molar-refractivity contribution in [2.24, 2.45) is 5.92 Å². The first-order valence-electron chi connectivity index (χ1n) is 12.6. The number of benzene rings is 1. The molecule has 9 heteroatoms. The van der Waals surface area contributed by atoms with Gasteiger partial charge in [0.1, 0.15) is 11.8 Å². The fraction of sp³-hybridized carbons (Fsp3) is 0.593. The van der Waals surface area contributed by atoms with Gasteiger partial charge in [0.25, 0.3) is 0 Å². The summed E-state index contributed by atoms with van der Waals surface area (Å²) in [6.45, 7) is 6.14. The van der Waals surface area contributed by atoms with Crippen molar-refractivity contribution in [3.05, 3.63) is 35.1 Å². The van der Waals surface area contributed by atoms with Crippen LogP contribution in [0.15, 0.2) is 24.0 Å². The zero-order valence-corrected chi connectivity index (χ0v) is 21.6. The molecule has 36 heavy (non-hydrogen) atoms. The molecule has 1 spiro atoms. The van der Waals surface area contributed by atoms with Crippen LogP contribution in [0.2, 0.25) is 0 Å². The summed E-state index contributed by atoms with van der Waals surface area (Å²) in [4.78, 5) is 38.8. The number of allylic oxidation sites excluding steroid dienone is 1. The van der Waals surface area contributed by atoms with Crippen molar-refractivity contribution in [2.45, 2.75) is 76.5 Å². The number of nitrogens with zero attached hydrogens (tertiary/aromatic N) is 1. The molecule has 9 nitrogen and oxygen atoms in total. The number of likely N-dealkylation sites (N-methyl/N-ethyl adjacent to an activating group) is 1. The summed E-state index contributed by atoms with van der Waals surface area (Å²) in [6.07, 6.45) is 3.66. The Morgan fingerprint density at radius 1 is 1.31 bits per heavy atom. The van der Waals surface area contributed by atoms with Gasteiger partial charge in [-0.3, -0.25) is 9.59 Å². The van der Waals surface area contributed by atoms with Crippen molar-refractivity contribution in [3.63, 3.8) is 0 Å². The Kier molecular flexibility index (Phi) is 7.31. The molecular formula is C27H36N2O7. The summed E-state index contributed by atoms with van der Waals surface area (Å²) in [5, 5.41) is 11.7. The molecule has 196 valence electrons. The Bertz CT molecular complexity index is 1080. The van der Waals surface area contributed by atoms with Crippen LogP contribution in [0, 0.1) is 5.92 Å². The minimum atomic E-state index is -1.10. The molecule has 2 aliphatic heterocycles. The van der Waals surface area contributed by atoms with E-state index < -0.39 is 30.0 Å². The SMILES string of the molecule is C/C=C(/OC(=O)CCC(=O)NC(C(=O)O)C(C)C)[C@@H]1Oc2c(OC)ccc3c2[C@@]12CCN(C)[C@H](C3)C2. The number of fused-ring (bicyclic) bond motifs is 1. The van der Waals surface area contributed by atoms with Gasteiger partial charge < -0.3 is 29.5 Å². The second-order valence-corrected chi connectivity index (χ2v) is 10.4. The molecular weight excluding hydrogens is 464 g/mol. The zero-order chi connectivity index (χ0) is 26.2. The zero-order valence-electron chi connectivity index (χ0n) is 21.6. The number of ether oxygens (including phenoxy) is 3. The van der Waals surface area contributed by atoms with E-state index in [1.165, 1.54) is 11.1 Å². The third-order valence-corrected chi connectivity index (χ3v) is 7.83. The minimum Gasteiger partial charge on any atom is -0.493 e. The molecule has 4 atom stereocenters. The maximum absolute atomic E-state index is 12.8. The maximum Gasteiger partial charge on any atom is 0.326 e. The van der Waals surface area contributed by atoms with E-state index in [0.717, 1.165) is 31.6 Å². The van der Waals surface area contributed by atoms with Gasteiger partial charge in [-0.05, 0) is 63.4 Å². The van der Waals surface area contributed by atoms with Gasteiger partial charge in [-0.1, -0.05) is 19.9 Å². The van der Waals surface area contributed by atoms with Crippen molar-refractivity contribution >= 4 is 17.8 Å². The Morgan fingerprint density at radius 3 is 2.69 bits per heavy atom. The third-order valence-electron chi connectivity index (χ3n) is 7.83. The summed E-state index contributed by atoms with van der Waals surface area (Å²) in [5.41, 5.74) is 2.09. The lowest BCUT2D eigenvalue weighted by atomic mass is 9.61. The highest BCUT2D eigenvalue weighted by atomic mass is 16.6. The number of piperidine rings is 1. The molecule has 0 radical (unpaired) electrons. The van der Waals surface area contributed by atoms with E-state index in [0.29, 0.717) is 17.6 Å². The van der Waals surface area contributed by atoms with E-state index in [2.05, 4.69) is 23.3 Å². The average molecular weight is 501 g/mol. The largest absolute Gasteiger partial charge is 0.493 e. The number of likely N-dealkylation sites (tertiary alicyclic amines) is 1. The van der Waals surface area contributed by atoms with E-state index in [1.54, 1.807) is 27.0 Å². The van der Waals surface area contributed by atoms with Crippen LogP contribution in [0.5, 0.6) is 11.5 Å². The van der Waals surface area contributed by atoms with Crippen LogP contribution >= 0.6 is 0 Å². The number of esters is 1. The second kappa shape index (κ2) is 10.1. The maximum atomic E-state index is 12.8. The topological polar surface area (TPSA) is 114 Å². The van der Waals surface area contributed by atoms with Crippen LogP contribution in [-0.2, 0) is 31.0 Å². The molecule has 0 aromatic heterocycles. The number of carbonyl (C=O) groups is 3. The predicted molar refractivity (Wildman–Crippen MR) is 132 cm³/mol. The van der Waals surface area contributed by atoms with Gasteiger partial charge in [-0.25, -0.2) is 4.79 Å². The lowest BCUT2D eigenvalue weighted by Gasteiger charge is -2.49. The van der Waals surface area contributed by atoms with E-state index in [-0.39, 0.29) is 24.2 Å². The highest BCUT2D eigenvalue weighted by molar-refractivity contribution is 5.86. The molecule has 1 saturated heterocycles. The van der Waals surface area contributed by atoms with Gasteiger partial charge in [0.15, 0.2) is 17.6 Å². The fourth-order valence-corrected chi connectivity index (χ4v) is 5.90. The number of hydrogen-bond acceptors (Lipinski definition) is 7. The number of carbonyl (C=O) groups excluding carboxylic acids is 2. The monoisotopic (exact) mass is 500 g/mol. The number of aliphatic carboxylic acids is 1. The molecule has 2 heterocycles. The van der Waals surface area contributed by atoms with E-state index in [4.69, 9.17) is 14.2 Å². The van der Waals surface area contributed by atoms with Gasteiger partial charge in [0.2, 0.25) is 5.91 Å². The first-order valence-corrected chi connectivity index (χ1v) is 12.6. The van der Waals surface area contributed by atoms with Gasteiger partial charge in [0, 0.05) is 23.4 Å². The van der Waals surface area contributed by atoms with Gasteiger partial charge in [-0.15, -0.1) is 0 Å². The number of nitrogens with one attached hydrogen (secondary N) is 1. The number of rotatable bonds is 9. The number of hydrogen-bond donors (Lipinski definition) is 2. The van der Waals surface area contributed by atoms with Crippen LogP contribution < -0.4 is 14.8 Å². The molecule has 2 N–H and O–H groups in total. The first kappa shape index (κ1) is 26.0. The van der Waals surface area contributed by atoms with Crippen molar-refractivity contribution < 1.29 is 33.7 Å². The Morgan fingerprint density at radius 2 is 2.06 bits per heavy atom. The molecule has 1 unspecified atom stereocenters. The van der Waals surface area contributed by atoms with Crippen molar-refractivity contribution in [3.8, 4) is 11.5 Å². The molecule has 1 aromatic rings. The Labute approximate surface area is 211 Å². The number of amides is 1. The first-order chi connectivity index (χ1) is 17.1. The molecule has 0 saturated carbocycles. The third kappa shape index (κ3) is 4.56. The van der Waals surface area contributed by atoms with E-state index in [1.807, 2.05) is 13.0 Å². The number of carboxylic acids is 1. The van der Waals surface area contributed by atoms with E-state index >= 15 is 0 Å². The molecule has 1 amide bonds. The van der Waals surface area contributed by atoms with Crippen LogP contribution in [0.1, 0.15) is 57.6 Å². The van der Waals surface area contributed by atoms with Crippen LogP contribution in [-0.4, -0.2) is 66.7 Å². The second-order valence-electron chi connectivity index (χ2n) is 10.4. The minimum absolute atomic E-state index is 0.159. The Hall–Kier alpha value is -3.07. The molecule has 2 bridgehead atoms. The summed E-state index contributed by atoms with van der Waals surface area (Å²) in [5.74, 6) is -0.607. The van der Waals surface area contributed by atoms with E-state index in [9.17, 15) is 19.5 Å². The molecule has 4 rings (SSSR count). The summed E-state index contributed by atoms with van der Waals surface area (Å²) in [7, 11) is 3.77. The quantitative estimate of drug-likeness (QED) is 0.393. The molecule has 1 aliphatic carbocycles. The number of methoxy groups -OCH3 is 1. The summed E-state index contributed by atoms with van der Waals surface area (Å²) in [6, 6.07) is 3.42.